The van der Waals surface area contributed by atoms with Gasteiger partial charge in [0.05, 0.1) is 4.90 Å². The molecule has 0 aliphatic heterocycles. The van der Waals surface area contributed by atoms with Crippen LogP contribution in [0.3, 0.4) is 0 Å². The summed E-state index contributed by atoms with van der Waals surface area (Å²) in [5.41, 5.74) is 3.88. The second kappa shape index (κ2) is 7.65. The van der Waals surface area contributed by atoms with Crippen LogP contribution in [-0.2, 0) is 10.0 Å². The lowest BCUT2D eigenvalue weighted by Gasteiger charge is -2.25. The summed E-state index contributed by atoms with van der Waals surface area (Å²) in [4.78, 5) is 11.5. The normalized spacial score (nSPS) is 10.7. The minimum atomic E-state index is -4.08. The van der Waals surface area contributed by atoms with E-state index in [2.05, 4.69) is 12.3 Å². The van der Waals surface area contributed by atoms with Crippen LogP contribution in [0.4, 0.5) is 4.79 Å². The van der Waals surface area contributed by atoms with E-state index in [0.717, 1.165) is 0 Å². The molecule has 120 valence electrons. The topological polar surface area (TPSA) is 95.9 Å². The Balaban J connectivity index is 3.06. The molecular formula is C14H18N2O5S. The lowest BCUT2D eigenvalue weighted by Crippen LogP contribution is -2.46. The molecular weight excluding hydrogens is 308 g/mol. The van der Waals surface area contributed by atoms with Crippen molar-refractivity contribution < 1.29 is 23.2 Å². The zero-order valence-electron chi connectivity index (χ0n) is 12.3. The minimum Gasteiger partial charge on any atom is -0.489 e. The van der Waals surface area contributed by atoms with Crippen LogP contribution < -0.4 is 10.2 Å². The molecule has 0 atom stereocenters. The van der Waals surface area contributed by atoms with Crippen molar-refractivity contribution in [2.75, 3.05) is 6.61 Å². The number of benzene rings is 1. The summed E-state index contributed by atoms with van der Waals surface area (Å²) in [7, 11) is -4.08. The number of amides is 2. The zero-order chi connectivity index (χ0) is 16.8. The highest BCUT2D eigenvalue weighted by molar-refractivity contribution is 7.89. The van der Waals surface area contributed by atoms with E-state index in [1.54, 1.807) is 6.08 Å². The standard InChI is InChI=1S/C14H18N2O5S/c1-4-5-10-21-12-6-8-13(9-7-12)22(19,20)16(11(2)3)14(17)15-18/h5-9,11,18H,1,10H2,2-3H3,(H,15,17). The first-order chi connectivity index (χ1) is 10.3. The highest BCUT2D eigenvalue weighted by atomic mass is 32.2. The molecule has 2 amide bonds. The van der Waals surface area contributed by atoms with Gasteiger partial charge in [0.1, 0.15) is 12.4 Å². The van der Waals surface area contributed by atoms with E-state index in [-0.39, 0.29) is 11.5 Å². The summed E-state index contributed by atoms with van der Waals surface area (Å²) in [5, 5.41) is 8.69. The Morgan fingerprint density at radius 1 is 1.45 bits per heavy atom. The first-order valence-electron chi connectivity index (χ1n) is 6.40. The maximum absolute atomic E-state index is 12.4. The Bertz CT molecular complexity index is 661. The van der Waals surface area contributed by atoms with Gasteiger partial charge in [-0.05, 0) is 44.2 Å². The molecule has 7 nitrogen and oxygen atoms in total. The van der Waals surface area contributed by atoms with E-state index in [0.29, 0.717) is 10.1 Å². The Hall–Kier alpha value is -2.28. The monoisotopic (exact) mass is 326 g/mol. The molecule has 0 aliphatic rings. The molecule has 2 N–H and O–H groups in total. The minimum absolute atomic E-state index is 0.0867. The fourth-order valence-corrected chi connectivity index (χ4v) is 3.21. The number of carbonyl (C=O) groups excluding carboxylic acids is 1. The SMILES string of the molecule is C=C=CCOc1ccc(S(=O)(=O)N(C(=O)NO)C(C)C)cc1. The van der Waals surface area contributed by atoms with Gasteiger partial charge in [0.25, 0.3) is 10.0 Å². The molecule has 8 heteroatoms. The summed E-state index contributed by atoms with van der Waals surface area (Å²) in [6.07, 6.45) is 1.58. The average Bonchev–Trinajstić information content (AvgIpc) is 2.47. The van der Waals surface area contributed by atoms with Gasteiger partial charge in [-0.3, -0.25) is 5.21 Å². The fourth-order valence-electron chi connectivity index (χ4n) is 1.69. The van der Waals surface area contributed by atoms with Crippen molar-refractivity contribution >= 4 is 16.1 Å². The van der Waals surface area contributed by atoms with Crippen molar-refractivity contribution in [1.29, 1.82) is 0 Å². The van der Waals surface area contributed by atoms with Crippen molar-refractivity contribution in [1.82, 2.24) is 9.79 Å². The number of nitrogens with one attached hydrogen (secondary N) is 1. The number of ether oxygens (including phenoxy) is 1. The highest BCUT2D eigenvalue weighted by Crippen LogP contribution is 2.21. The van der Waals surface area contributed by atoms with Gasteiger partial charge >= 0.3 is 6.03 Å². The van der Waals surface area contributed by atoms with E-state index >= 15 is 0 Å². The van der Waals surface area contributed by atoms with Gasteiger partial charge in [0.15, 0.2) is 0 Å². The maximum Gasteiger partial charge on any atom is 0.355 e. The van der Waals surface area contributed by atoms with E-state index in [4.69, 9.17) is 9.94 Å². The molecule has 1 rings (SSSR count). The van der Waals surface area contributed by atoms with E-state index in [1.807, 2.05) is 0 Å². The van der Waals surface area contributed by atoms with Gasteiger partial charge in [0, 0.05) is 6.04 Å². The summed E-state index contributed by atoms with van der Waals surface area (Å²) >= 11 is 0. The third-order valence-electron chi connectivity index (χ3n) is 2.62. The molecule has 0 spiro atoms. The Labute approximate surface area is 129 Å². The van der Waals surface area contributed by atoms with Gasteiger partial charge < -0.3 is 4.74 Å². The summed E-state index contributed by atoms with van der Waals surface area (Å²) in [6, 6.07) is 3.81. The fraction of sp³-hybridized carbons (Fsp3) is 0.286. The van der Waals surface area contributed by atoms with Gasteiger partial charge in [0.2, 0.25) is 0 Å². The van der Waals surface area contributed by atoms with E-state index in [9.17, 15) is 13.2 Å². The Morgan fingerprint density at radius 3 is 2.50 bits per heavy atom. The van der Waals surface area contributed by atoms with Crippen LogP contribution in [0.5, 0.6) is 5.75 Å². The number of carbonyl (C=O) groups is 1. The summed E-state index contributed by atoms with van der Waals surface area (Å²) in [5.74, 6) is 0.466. The lowest BCUT2D eigenvalue weighted by molar-refractivity contribution is 0.142. The largest absolute Gasteiger partial charge is 0.489 e. The van der Waals surface area contributed by atoms with Crippen LogP contribution in [0.1, 0.15) is 13.8 Å². The zero-order valence-corrected chi connectivity index (χ0v) is 13.1. The highest BCUT2D eigenvalue weighted by Gasteiger charge is 2.31. The molecule has 1 aromatic rings. The van der Waals surface area contributed by atoms with Crippen LogP contribution in [0.15, 0.2) is 47.5 Å². The van der Waals surface area contributed by atoms with E-state index < -0.39 is 22.1 Å². The van der Waals surface area contributed by atoms with Crippen LogP contribution in [0, 0.1) is 0 Å². The maximum atomic E-state index is 12.4. The van der Waals surface area contributed by atoms with Gasteiger partial charge in [-0.2, -0.15) is 0 Å². The molecule has 0 unspecified atom stereocenters. The van der Waals surface area contributed by atoms with Crippen LogP contribution in [-0.4, -0.2) is 36.6 Å². The predicted octanol–water partition coefficient (Wildman–Crippen LogP) is 1.90. The molecule has 0 aliphatic carbocycles. The number of hydrogen-bond acceptors (Lipinski definition) is 5. The molecule has 0 radical (unpaired) electrons. The quantitative estimate of drug-likeness (QED) is 0.473. The number of sulfonamides is 1. The Morgan fingerprint density at radius 2 is 2.05 bits per heavy atom. The molecule has 0 saturated carbocycles. The second-order valence-electron chi connectivity index (χ2n) is 4.50. The molecule has 0 aromatic heterocycles. The molecule has 0 bridgehead atoms. The predicted molar refractivity (Wildman–Crippen MR) is 80.1 cm³/mol. The van der Waals surface area contributed by atoms with Crippen LogP contribution >= 0.6 is 0 Å². The summed E-state index contributed by atoms with van der Waals surface area (Å²) in [6.45, 7) is 6.70. The molecule has 22 heavy (non-hydrogen) atoms. The van der Waals surface area contributed by atoms with Crippen LogP contribution in [0.25, 0.3) is 0 Å². The van der Waals surface area contributed by atoms with Gasteiger partial charge in [-0.15, -0.1) is 5.73 Å². The number of hydrogen-bond donors (Lipinski definition) is 2. The second-order valence-corrected chi connectivity index (χ2v) is 6.32. The molecule has 0 saturated heterocycles. The van der Waals surface area contributed by atoms with Crippen molar-refractivity contribution in [3.05, 3.63) is 42.7 Å². The first kappa shape index (κ1) is 17.8. The first-order valence-corrected chi connectivity index (χ1v) is 7.84. The van der Waals surface area contributed by atoms with Crippen molar-refractivity contribution in [2.24, 2.45) is 0 Å². The third kappa shape index (κ3) is 4.11. The van der Waals surface area contributed by atoms with Crippen molar-refractivity contribution in [3.63, 3.8) is 0 Å². The molecule has 0 heterocycles. The Kier molecular flexibility index (Phi) is 6.18. The number of nitrogens with zero attached hydrogens (tertiary/aromatic N) is 1. The van der Waals surface area contributed by atoms with E-state index in [1.165, 1.54) is 43.6 Å². The third-order valence-corrected chi connectivity index (χ3v) is 4.60. The number of rotatable bonds is 6. The van der Waals surface area contributed by atoms with Gasteiger partial charge in [-0.1, -0.05) is 6.58 Å². The lowest BCUT2D eigenvalue weighted by atomic mass is 10.3. The molecule has 1 aromatic carbocycles. The number of urea groups is 1. The smallest absolute Gasteiger partial charge is 0.355 e. The molecule has 0 fully saturated rings. The summed E-state index contributed by atoms with van der Waals surface area (Å²) < 4.78 is 30.7. The van der Waals surface area contributed by atoms with Gasteiger partial charge in [-0.25, -0.2) is 23.0 Å². The van der Waals surface area contributed by atoms with Crippen LogP contribution in [0.2, 0.25) is 0 Å². The van der Waals surface area contributed by atoms with Crippen molar-refractivity contribution in [3.8, 4) is 5.75 Å². The average molecular weight is 326 g/mol. The number of hydroxylamine groups is 1. The van der Waals surface area contributed by atoms with Crippen molar-refractivity contribution in [2.45, 2.75) is 24.8 Å².